The summed E-state index contributed by atoms with van der Waals surface area (Å²) in [5, 5.41) is 7.27. The molecule has 2 saturated carbocycles. The second-order valence-corrected chi connectivity index (χ2v) is 8.80. The molecule has 1 aromatic carbocycles. The van der Waals surface area contributed by atoms with Crippen LogP contribution in [-0.4, -0.2) is 72.0 Å². The third-order valence-corrected chi connectivity index (χ3v) is 6.63. The van der Waals surface area contributed by atoms with Crippen molar-refractivity contribution in [2.45, 2.75) is 50.2 Å². The highest BCUT2D eigenvalue weighted by atomic mass is 16.5. The molecule has 166 valence electrons. The summed E-state index contributed by atoms with van der Waals surface area (Å²) >= 11 is 0. The Morgan fingerprint density at radius 1 is 1.29 bits per heavy atom. The lowest BCUT2D eigenvalue weighted by Crippen LogP contribution is -2.67. The highest BCUT2D eigenvalue weighted by molar-refractivity contribution is 5.95. The molecule has 0 spiro atoms. The molecule has 2 aliphatic carbocycles. The van der Waals surface area contributed by atoms with Gasteiger partial charge < -0.3 is 19.3 Å². The van der Waals surface area contributed by atoms with E-state index in [-0.39, 0.29) is 17.6 Å². The lowest BCUT2D eigenvalue weighted by Gasteiger charge is -2.55. The number of carbonyl (C=O) groups is 1. The number of benzene rings is 1. The van der Waals surface area contributed by atoms with Gasteiger partial charge in [0.15, 0.2) is 0 Å². The average molecular weight is 427 g/mol. The highest BCUT2D eigenvalue weighted by Gasteiger charge is 2.49. The predicted molar refractivity (Wildman–Crippen MR) is 114 cm³/mol. The smallest absolute Gasteiger partial charge is 0.251 e. The first kappa shape index (κ1) is 20.6. The molecule has 0 atom stereocenters. The average Bonchev–Trinajstić information content (AvgIpc) is 3.52. The van der Waals surface area contributed by atoms with E-state index >= 15 is 0 Å². The quantitative estimate of drug-likeness (QED) is 0.694. The van der Waals surface area contributed by atoms with Crippen molar-refractivity contribution < 1.29 is 18.8 Å². The molecule has 0 unspecified atom stereocenters. The molecule has 0 radical (unpaired) electrons. The van der Waals surface area contributed by atoms with E-state index < -0.39 is 0 Å². The molecule has 1 saturated heterocycles. The van der Waals surface area contributed by atoms with E-state index in [4.69, 9.17) is 14.0 Å². The first-order valence-corrected chi connectivity index (χ1v) is 11.3. The van der Waals surface area contributed by atoms with Crippen molar-refractivity contribution in [1.29, 1.82) is 0 Å². The second-order valence-electron chi connectivity index (χ2n) is 8.80. The van der Waals surface area contributed by atoms with Crippen LogP contribution in [0.5, 0.6) is 0 Å². The maximum absolute atomic E-state index is 13.0. The Balaban J connectivity index is 1.25. The standard InChI is InChI=1S/C23H30N4O4/c1-2-30-19-13-23(14-19,27-8-10-29-11-9-27)15-24-21(28)18-5-3-4-17(12-18)20-25-22(31-26-20)16-6-7-16/h3-5,12,16,19H,2,6-11,13-15H2,1H3,(H,24,28). The van der Waals surface area contributed by atoms with Gasteiger partial charge in [-0.1, -0.05) is 17.3 Å². The zero-order chi connectivity index (χ0) is 21.3. The van der Waals surface area contributed by atoms with E-state index in [0.717, 1.165) is 64.2 Å². The minimum atomic E-state index is -0.0831. The normalized spacial score (nSPS) is 26.4. The van der Waals surface area contributed by atoms with Crippen LogP contribution in [0.1, 0.15) is 54.8 Å². The number of amides is 1. The van der Waals surface area contributed by atoms with Crippen LogP contribution in [-0.2, 0) is 9.47 Å². The molecule has 1 N–H and O–H groups in total. The van der Waals surface area contributed by atoms with Gasteiger partial charge in [0, 0.05) is 48.8 Å². The fourth-order valence-corrected chi connectivity index (χ4v) is 4.69. The zero-order valence-electron chi connectivity index (χ0n) is 18.0. The summed E-state index contributed by atoms with van der Waals surface area (Å²) in [5.41, 5.74) is 1.35. The molecule has 5 rings (SSSR count). The van der Waals surface area contributed by atoms with Gasteiger partial charge in [-0.25, -0.2) is 0 Å². The number of morpholine rings is 1. The third-order valence-electron chi connectivity index (χ3n) is 6.63. The summed E-state index contributed by atoms with van der Waals surface area (Å²) in [5.74, 6) is 1.57. The molecule has 1 amide bonds. The fraction of sp³-hybridized carbons (Fsp3) is 0.609. The first-order valence-electron chi connectivity index (χ1n) is 11.3. The van der Waals surface area contributed by atoms with Crippen molar-refractivity contribution in [3.8, 4) is 11.4 Å². The number of aromatic nitrogens is 2. The molecule has 1 aromatic heterocycles. The first-order chi connectivity index (χ1) is 15.2. The van der Waals surface area contributed by atoms with Gasteiger partial charge in [-0.3, -0.25) is 9.69 Å². The summed E-state index contributed by atoms with van der Waals surface area (Å²) in [6, 6.07) is 7.43. The van der Waals surface area contributed by atoms with Crippen molar-refractivity contribution in [3.05, 3.63) is 35.7 Å². The monoisotopic (exact) mass is 426 g/mol. The van der Waals surface area contributed by atoms with Crippen LogP contribution in [0.3, 0.4) is 0 Å². The SMILES string of the molecule is CCOC1CC(CNC(=O)c2cccc(-c3noc(C4CC4)n3)c2)(N2CCOCC2)C1. The molecular formula is C23H30N4O4. The zero-order valence-corrected chi connectivity index (χ0v) is 18.0. The molecule has 2 heterocycles. The molecule has 3 aliphatic rings. The van der Waals surface area contributed by atoms with Gasteiger partial charge in [0.25, 0.3) is 5.91 Å². The third kappa shape index (κ3) is 4.37. The maximum Gasteiger partial charge on any atom is 0.251 e. The van der Waals surface area contributed by atoms with Gasteiger partial charge in [0.2, 0.25) is 11.7 Å². The molecule has 31 heavy (non-hydrogen) atoms. The number of nitrogens with one attached hydrogen (secondary N) is 1. The van der Waals surface area contributed by atoms with Crippen molar-refractivity contribution in [2.24, 2.45) is 0 Å². The van der Waals surface area contributed by atoms with Gasteiger partial charge in [0.05, 0.1) is 19.3 Å². The van der Waals surface area contributed by atoms with Crippen LogP contribution in [0.15, 0.2) is 28.8 Å². The van der Waals surface area contributed by atoms with Gasteiger partial charge in [-0.15, -0.1) is 0 Å². The number of hydrogen-bond acceptors (Lipinski definition) is 7. The summed E-state index contributed by atoms with van der Waals surface area (Å²) in [7, 11) is 0. The Morgan fingerprint density at radius 2 is 2.10 bits per heavy atom. The lowest BCUT2D eigenvalue weighted by molar-refractivity contribution is -0.124. The lowest BCUT2D eigenvalue weighted by atomic mass is 9.72. The summed E-state index contributed by atoms with van der Waals surface area (Å²) in [6.07, 6.45) is 4.37. The van der Waals surface area contributed by atoms with E-state index in [0.29, 0.717) is 29.7 Å². The predicted octanol–water partition coefficient (Wildman–Crippen LogP) is 2.61. The van der Waals surface area contributed by atoms with Crippen LogP contribution < -0.4 is 5.32 Å². The minimum Gasteiger partial charge on any atom is -0.379 e. The molecule has 8 nitrogen and oxygen atoms in total. The van der Waals surface area contributed by atoms with Crippen LogP contribution in [0.25, 0.3) is 11.4 Å². The Bertz CT molecular complexity index is 914. The van der Waals surface area contributed by atoms with E-state index in [1.165, 1.54) is 0 Å². The van der Waals surface area contributed by atoms with Crippen LogP contribution in [0, 0.1) is 0 Å². The van der Waals surface area contributed by atoms with E-state index in [9.17, 15) is 4.79 Å². The van der Waals surface area contributed by atoms with Crippen molar-refractivity contribution >= 4 is 5.91 Å². The molecule has 3 fully saturated rings. The Labute approximate surface area is 182 Å². The van der Waals surface area contributed by atoms with E-state index in [2.05, 4.69) is 20.4 Å². The highest BCUT2D eigenvalue weighted by Crippen LogP contribution is 2.40. The van der Waals surface area contributed by atoms with Gasteiger partial charge in [-0.2, -0.15) is 4.98 Å². The molecule has 2 aromatic rings. The maximum atomic E-state index is 13.0. The Kier molecular flexibility index (Phi) is 5.77. The number of nitrogens with zero attached hydrogens (tertiary/aromatic N) is 3. The van der Waals surface area contributed by atoms with Crippen LogP contribution >= 0.6 is 0 Å². The van der Waals surface area contributed by atoms with Crippen LogP contribution in [0.2, 0.25) is 0 Å². The minimum absolute atomic E-state index is 0.0519. The largest absolute Gasteiger partial charge is 0.379 e. The summed E-state index contributed by atoms with van der Waals surface area (Å²) < 4.78 is 16.7. The van der Waals surface area contributed by atoms with Gasteiger partial charge >= 0.3 is 0 Å². The van der Waals surface area contributed by atoms with Crippen molar-refractivity contribution in [1.82, 2.24) is 20.4 Å². The number of rotatable bonds is 8. The van der Waals surface area contributed by atoms with E-state index in [1.807, 2.05) is 31.2 Å². The van der Waals surface area contributed by atoms with Gasteiger partial charge in [0.1, 0.15) is 0 Å². The molecule has 0 bridgehead atoms. The number of hydrogen-bond donors (Lipinski definition) is 1. The summed E-state index contributed by atoms with van der Waals surface area (Å²) in [6.45, 7) is 6.63. The van der Waals surface area contributed by atoms with Crippen molar-refractivity contribution in [3.63, 3.8) is 0 Å². The van der Waals surface area contributed by atoms with Gasteiger partial charge in [-0.05, 0) is 44.7 Å². The van der Waals surface area contributed by atoms with E-state index in [1.54, 1.807) is 0 Å². The summed E-state index contributed by atoms with van der Waals surface area (Å²) in [4.78, 5) is 19.9. The van der Waals surface area contributed by atoms with Crippen LogP contribution in [0.4, 0.5) is 0 Å². The van der Waals surface area contributed by atoms with Crippen molar-refractivity contribution in [2.75, 3.05) is 39.5 Å². The second kappa shape index (κ2) is 8.68. The molecule has 1 aliphatic heterocycles. The number of ether oxygens (including phenoxy) is 2. The molecular weight excluding hydrogens is 396 g/mol. The fourth-order valence-electron chi connectivity index (χ4n) is 4.69. The Hall–Kier alpha value is -2.29. The molecule has 8 heteroatoms. The topological polar surface area (TPSA) is 89.7 Å². The number of carbonyl (C=O) groups excluding carboxylic acids is 1. The Morgan fingerprint density at radius 3 is 2.84 bits per heavy atom.